The largest absolute Gasteiger partial charge is 0.527 e. The molecular formula is C4F9O2. The zero-order chi connectivity index (χ0) is 12.7. The molecule has 0 fully saturated rings. The van der Waals surface area contributed by atoms with Gasteiger partial charge in [-0.3, -0.25) is 0 Å². The molecule has 0 aromatic rings. The second-order valence-corrected chi connectivity index (χ2v) is 2.16. The minimum absolute atomic E-state index is 1.45. The van der Waals surface area contributed by atoms with Gasteiger partial charge in [0.15, 0.2) is 0 Å². The average molecular weight is 251 g/mol. The van der Waals surface area contributed by atoms with E-state index in [1.54, 1.807) is 0 Å². The minimum atomic E-state index is -6.82. The van der Waals surface area contributed by atoms with Gasteiger partial charge in [-0.1, -0.05) is 0 Å². The summed E-state index contributed by atoms with van der Waals surface area (Å²) in [7, 11) is 0. The Labute approximate surface area is 75.2 Å². The number of halogens is 9. The molecule has 0 N–H and O–H groups in total. The summed E-state index contributed by atoms with van der Waals surface area (Å²) in [5.41, 5.74) is 0. The van der Waals surface area contributed by atoms with Crippen LogP contribution < -0.4 is 0 Å². The van der Waals surface area contributed by atoms with Crippen molar-refractivity contribution in [1.29, 1.82) is 0 Å². The van der Waals surface area contributed by atoms with Crippen LogP contribution in [0.4, 0.5) is 39.5 Å². The predicted molar refractivity (Wildman–Crippen MR) is 22.7 cm³/mol. The standard InChI is InChI=1S/C4F9O2/c5-1(6,2(7,8)14)3(9,10)15-4(11,12)13. The zero-order valence-corrected chi connectivity index (χ0v) is 6.22. The summed E-state index contributed by atoms with van der Waals surface area (Å²) in [6.45, 7) is 0. The topological polar surface area (TPSA) is 29.1 Å². The van der Waals surface area contributed by atoms with E-state index in [9.17, 15) is 44.6 Å². The molecule has 0 aromatic heterocycles. The highest BCUT2D eigenvalue weighted by molar-refractivity contribution is 4.84. The van der Waals surface area contributed by atoms with Crippen LogP contribution in [-0.4, -0.2) is 24.5 Å². The molecule has 0 aromatic carbocycles. The third-order valence-electron chi connectivity index (χ3n) is 0.975. The summed E-state index contributed by atoms with van der Waals surface area (Å²) >= 11 is 0. The molecule has 0 atom stereocenters. The van der Waals surface area contributed by atoms with E-state index in [0.717, 1.165) is 0 Å². The summed E-state index contributed by atoms with van der Waals surface area (Å²) in [6.07, 6.45) is -19.6. The van der Waals surface area contributed by atoms with Crippen LogP contribution in [0.1, 0.15) is 0 Å². The maximum atomic E-state index is 11.8. The molecule has 15 heavy (non-hydrogen) atoms. The van der Waals surface area contributed by atoms with Crippen LogP contribution in [0.25, 0.3) is 0 Å². The van der Waals surface area contributed by atoms with Crippen molar-refractivity contribution in [3.05, 3.63) is 0 Å². The van der Waals surface area contributed by atoms with Gasteiger partial charge in [-0.2, -0.15) is 31.4 Å². The first-order valence-electron chi connectivity index (χ1n) is 2.81. The molecule has 0 aliphatic rings. The molecule has 1 radical (unpaired) electrons. The van der Waals surface area contributed by atoms with Crippen LogP contribution in [0.15, 0.2) is 0 Å². The van der Waals surface area contributed by atoms with Crippen molar-refractivity contribution in [1.82, 2.24) is 0 Å². The van der Waals surface area contributed by atoms with Gasteiger partial charge in [0, 0.05) is 0 Å². The van der Waals surface area contributed by atoms with Crippen LogP contribution in [0.3, 0.4) is 0 Å². The van der Waals surface area contributed by atoms with Gasteiger partial charge in [-0.25, -0.2) is 4.74 Å². The van der Waals surface area contributed by atoms with Crippen molar-refractivity contribution in [3.8, 4) is 0 Å². The Morgan fingerprint density at radius 2 is 1.07 bits per heavy atom. The number of alkyl halides is 9. The minimum Gasteiger partial charge on any atom is -0.221 e. The maximum Gasteiger partial charge on any atom is 0.527 e. The molecule has 0 saturated carbocycles. The van der Waals surface area contributed by atoms with Crippen LogP contribution >= 0.6 is 0 Å². The highest BCUT2D eigenvalue weighted by atomic mass is 19.4. The molecule has 0 amide bonds. The molecule has 2 nitrogen and oxygen atoms in total. The number of hydrogen-bond acceptors (Lipinski definition) is 1. The summed E-state index contributed by atoms with van der Waals surface area (Å²) in [5.74, 6) is -6.82. The SMILES string of the molecule is [O]C(F)(F)C(F)(F)C(F)(F)OC(F)(F)F. The van der Waals surface area contributed by atoms with Gasteiger partial charge < -0.3 is 0 Å². The van der Waals surface area contributed by atoms with E-state index >= 15 is 0 Å². The molecule has 0 heterocycles. The lowest BCUT2D eigenvalue weighted by Gasteiger charge is -2.27. The smallest absolute Gasteiger partial charge is 0.221 e. The number of hydrogen-bond donors (Lipinski definition) is 0. The van der Waals surface area contributed by atoms with E-state index < -0.39 is 24.5 Å². The second-order valence-electron chi connectivity index (χ2n) is 2.16. The summed E-state index contributed by atoms with van der Waals surface area (Å²) in [5, 5.41) is 9.25. The van der Waals surface area contributed by atoms with Crippen LogP contribution in [0.2, 0.25) is 0 Å². The van der Waals surface area contributed by atoms with E-state index in [2.05, 4.69) is 0 Å². The van der Waals surface area contributed by atoms with Crippen molar-refractivity contribution in [2.24, 2.45) is 0 Å². The molecule has 0 aliphatic heterocycles. The Hall–Kier alpha value is -0.710. The molecule has 0 rings (SSSR count). The van der Waals surface area contributed by atoms with Crippen molar-refractivity contribution >= 4 is 0 Å². The third kappa shape index (κ3) is 3.12. The Bertz CT molecular complexity index is 225. The summed E-state index contributed by atoms with van der Waals surface area (Å²) < 4.78 is 105. The van der Waals surface area contributed by atoms with Crippen molar-refractivity contribution in [2.75, 3.05) is 0 Å². The highest BCUT2D eigenvalue weighted by Gasteiger charge is 2.76. The molecule has 11 heteroatoms. The fraction of sp³-hybridized carbons (Fsp3) is 1.00. The quantitative estimate of drug-likeness (QED) is 0.709. The normalized spacial score (nSPS) is 15.6. The monoisotopic (exact) mass is 251 g/mol. The van der Waals surface area contributed by atoms with Gasteiger partial charge in [-0.15, -0.1) is 13.2 Å². The van der Waals surface area contributed by atoms with Crippen LogP contribution in [0, 0.1) is 0 Å². The van der Waals surface area contributed by atoms with Crippen molar-refractivity contribution in [3.63, 3.8) is 0 Å². The molecule has 0 unspecified atom stereocenters. The van der Waals surface area contributed by atoms with Crippen molar-refractivity contribution < 1.29 is 49.4 Å². The zero-order valence-electron chi connectivity index (χ0n) is 6.22. The van der Waals surface area contributed by atoms with Gasteiger partial charge in [0.2, 0.25) is 0 Å². The summed E-state index contributed by atoms with van der Waals surface area (Å²) in [4.78, 5) is 0. The lowest BCUT2D eigenvalue weighted by molar-refractivity contribution is -0.509. The number of ether oxygens (including phenoxy) is 1. The molecule has 0 bridgehead atoms. The van der Waals surface area contributed by atoms with Gasteiger partial charge in [0.05, 0.1) is 0 Å². The fourth-order valence-electron chi connectivity index (χ4n) is 0.379. The Morgan fingerprint density at radius 1 is 0.733 bits per heavy atom. The lowest BCUT2D eigenvalue weighted by Crippen LogP contribution is -2.56. The lowest BCUT2D eigenvalue weighted by atomic mass is 10.3. The average Bonchev–Trinajstić information content (AvgIpc) is 1.77. The fourth-order valence-corrected chi connectivity index (χ4v) is 0.379. The van der Waals surface area contributed by atoms with Gasteiger partial charge in [-0.05, 0) is 0 Å². The molecular weight excluding hydrogens is 251 g/mol. The number of rotatable bonds is 3. The van der Waals surface area contributed by atoms with Crippen LogP contribution in [0.5, 0.6) is 0 Å². The predicted octanol–water partition coefficient (Wildman–Crippen LogP) is 2.77. The second kappa shape index (κ2) is 3.40. The first kappa shape index (κ1) is 14.3. The van der Waals surface area contributed by atoms with E-state index in [-0.39, 0.29) is 0 Å². The Balaban J connectivity index is 5.03. The first-order chi connectivity index (χ1) is 6.21. The molecule has 0 aliphatic carbocycles. The Kier molecular flexibility index (Phi) is 3.24. The van der Waals surface area contributed by atoms with E-state index in [1.807, 2.05) is 0 Å². The van der Waals surface area contributed by atoms with Crippen LogP contribution in [-0.2, 0) is 9.84 Å². The highest BCUT2D eigenvalue weighted by Crippen LogP contribution is 2.47. The third-order valence-corrected chi connectivity index (χ3v) is 0.975. The van der Waals surface area contributed by atoms with E-state index in [4.69, 9.17) is 0 Å². The van der Waals surface area contributed by atoms with Gasteiger partial charge in [0.25, 0.3) is 0 Å². The molecule has 0 spiro atoms. The molecule has 91 valence electrons. The summed E-state index contributed by atoms with van der Waals surface area (Å²) in [6, 6.07) is 0. The van der Waals surface area contributed by atoms with E-state index in [0.29, 0.717) is 0 Å². The Morgan fingerprint density at radius 3 is 1.27 bits per heavy atom. The first-order valence-corrected chi connectivity index (χ1v) is 2.81. The van der Waals surface area contributed by atoms with E-state index in [1.165, 1.54) is 4.74 Å². The maximum absolute atomic E-state index is 11.8. The molecule has 0 saturated heterocycles. The van der Waals surface area contributed by atoms with Gasteiger partial charge in [0.1, 0.15) is 0 Å². The van der Waals surface area contributed by atoms with Crippen molar-refractivity contribution in [2.45, 2.75) is 24.5 Å². The van der Waals surface area contributed by atoms with Gasteiger partial charge >= 0.3 is 24.5 Å².